The molecule has 2 N–H and O–H groups in total. The van der Waals surface area contributed by atoms with Gasteiger partial charge in [-0.05, 0) is 30.6 Å². The minimum atomic E-state index is 0.0203. The summed E-state index contributed by atoms with van der Waals surface area (Å²) in [6.45, 7) is 5.84. The molecule has 0 radical (unpaired) electrons. The maximum Gasteiger partial charge on any atom is 0.220 e. The second kappa shape index (κ2) is 5.51. The Morgan fingerprint density at radius 1 is 1.16 bits per heavy atom. The summed E-state index contributed by atoms with van der Waals surface area (Å²) in [7, 11) is 0. The van der Waals surface area contributed by atoms with Crippen LogP contribution in [0.1, 0.15) is 59.3 Å². The van der Waals surface area contributed by atoms with Gasteiger partial charge in [-0.2, -0.15) is 0 Å². The molecular weight excluding hydrogens is 240 g/mol. The van der Waals surface area contributed by atoms with Gasteiger partial charge >= 0.3 is 0 Å². The molecule has 2 atom stereocenters. The number of carbonyl (C=O) groups excluding carboxylic acids is 2. The van der Waals surface area contributed by atoms with Crippen molar-refractivity contribution in [2.45, 2.75) is 71.4 Å². The SMILES string of the molecule is CC(=O)NC1CC(CC(=O)NC2CCCC2)C1(C)C. The highest BCUT2D eigenvalue weighted by atomic mass is 16.2. The number of rotatable bonds is 4. The van der Waals surface area contributed by atoms with Crippen LogP contribution in [0.4, 0.5) is 0 Å². The Kier molecular flexibility index (Phi) is 4.16. The van der Waals surface area contributed by atoms with Crippen LogP contribution in [0.25, 0.3) is 0 Å². The van der Waals surface area contributed by atoms with Gasteiger partial charge in [0, 0.05) is 25.4 Å². The molecule has 0 bridgehead atoms. The van der Waals surface area contributed by atoms with E-state index in [2.05, 4.69) is 24.5 Å². The molecule has 19 heavy (non-hydrogen) atoms. The smallest absolute Gasteiger partial charge is 0.220 e. The highest BCUT2D eigenvalue weighted by molar-refractivity contribution is 5.77. The monoisotopic (exact) mass is 266 g/mol. The van der Waals surface area contributed by atoms with Crippen molar-refractivity contribution < 1.29 is 9.59 Å². The van der Waals surface area contributed by atoms with Crippen LogP contribution in [-0.2, 0) is 9.59 Å². The lowest BCUT2D eigenvalue weighted by molar-refractivity contribution is -0.128. The summed E-state index contributed by atoms with van der Waals surface area (Å²) in [4.78, 5) is 23.1. The molecule has 0 heterocycles. The lowest BCUT2D eigenvalue weighted by Gasteiger charge is -2.52. The maximum atomic E-state index is 12.0. The molecule has 0 aromatic rings. The average molecular weight is 266 g/mol. The predicted molar refractivity (Wildman–Crippen MR) is 74.5 cm³/mol. The number of amides is 2. The third-order valence-corrected chi connectivity index (χ3v) is 5.00. The molecule has 2 saturated carbocycles. The quantitative estimate of drug-likeness (QED) is 0.817. The van der Waals surface area contributed by atoms with E-state index in [9.17, 15) is 9.59 Å². The van der Waals surface area contributed by atoms with Gasteiger partial charge in [-0.3, -0.25) is 9.59 Å². The number of hydrogen-bond donors (Lipinski definition) is 2. The van der Waals surface area contributed by atoms with Crippen LogP contribution in [0, 0.1) is 11.3 Å². The summed E-state index contributed by atoms with van der Waals surface area (Å²) in [6, 6.07) is 0.621. The van der Waals surface area contributed by atoms with Crippen molar-refractivity contribution in [2.24, 2.45) is 11.3 Å². The van der Waals surface area contributed by atoms with Crippen LogP contribution in [-0.4, -0.2) is 23.9 Å². The molecule has 4 nitrogen and oxygen atoms in total. The molecule has 2 unspecified atom stereocenters. The van der Waals surface area contributed by atoms with Gasteiger partial charge in [0.05, 0.1) is 0 Å². The molecule has 108 valence electrons. The van der Waals surface area contributed by atoms with Crippen LogP contribution >= 0.6 is 0 Å². The number of nitrogens with one attached hydrogen (secondary N) is 2. The van der Waals surface area contributed by atoms with Crippen LogP contribution < -0.4 is 10.6 Å². The van der Waals surface area contributed by atoms with Gasteiger partial charge in [0.15, 0.2) is 0 Å². The van der Waals surface area contributed by atoms with Crippen LogP contribution in [0.3, 0.4) is 0 Å². The highest BCUT2D eigenvalue weighted by Gasteiger charge is 2.48. The summed E-state index contributed by atoms with van der Waals surface area (Å²) in [5.41, 5.74) is 0.0265. The van der Waals surface area contributed by atoms with E-state index >= 15 is 0 Å². The van der Waals surface area contributed by atoms with E-state index in [0.29, 0.717) is 18.4 Å². The van der Waals surface area contributed by atoms with Crippen molar-refractivity contribution in [1.29, 1.82) is 0 Å². The highest BCUT2D eigenvalue weighted by Crippen LogP contribution is 2.48. The van der Waals surface area contributed by atoms with Gasteiger partial charge in [-0.15, -0.1) is 0 Å². The Morgan fingerprint density at radius 2 is 1.79 bits per heavy atom. The van der Waals surface area contributed by atoms with Gasteiger partial charge in [0.25, 0.3) is 0 Å². The molecule has 0 saturated heterocycles. The van der Waals surface area contributed by atoms with Gasteiger partial charge in [-0.1, -0.05) is 26.7 Å². The molecule has 2 fully saturated rings. The van der Waals surface area contributed by atoms with Gasteiger partial charge in [-0.25, -0.2) is 0 Å². The fraction of sp³-hybridized carbons (Fsp3) is 0.867. The first-order valence-electron chi connectivity index (χ1n) is 7.46. The Hall–Kier alpha value is -1.06. The predicted octanol–water partition coefficient (Wildman–Crippen LogP) is 1.99. The lowest BCUT2D eigenvalue weighted by atomic mass is 9.57. The third kappa shape index (κ3) is 3.28. The normalized spacial score (nSPS) is 29.6. The number of carbonyl (C=O) groups is 2. The van der Waals surface area contributed by atoms with Crippen molar-refractivity contribution >= 4 is 11.8 Å². The first-order chi connectivity index (χ1) is 8.89. The Morgan fingerprint density at radius 3 is 2.32 bits per heavy atom. The molecule has 2 rings (SSSR count). The molecule has 0 aromatic heterocycles. The lowest BCUT2D eigenvalue weighted by Crippen LogP contribution is -2.58. The third-order valence-electron chi connectivity index (χ3n) is 5.00. The van der Waals surface area contributed by atoms with Crippen molar-refractivity contribution in [3.63, 3.8) is 0 Å². The van der Waals surface area contributed by atoms with Gasteiger partial charge < -0.3 is 10.6 Å². The van der Waals surface area contributed by atoms with E-state index in [-0.39, 0.29) is 23.3 Å². The molecule has 0 aromatic carbocycles. The van der Waals surface area contributed by atoms with Gasteiger partial charge in [0.2, 0.25) is 11.8 Å². The fourth-order valence-electron chi connectivity index (χ4n) is 3.43. The van der Waals surface area contributed by atoms with Crippen molar-refractivity contribution in [3.05, 3.63) is 0 Å². The molecule has 2 amide bonds. The Bertz CT molecular complexity index is 359. The fourth-order valence-corrected chi connectivity index (χ4v) is 3.43. The molecule has 2 aliphatic rings. The summed E-state index contributed by atoms with van der Waals surface area (Å²) in [5, 5.41) is 6.12. The first-order valence-corrected chi connectivity index (χ1v) is 7.46. The van der Waals surface area contributed by atoms with E-state index in [1.807, 2.05) is 0 Å². The largest absolute Gasteiger partial charge is 0.353 e. The van der Waals surface area contributed by atoms with Crippen molar-refractivity contribution in [2.75, 3.05) is 0 Å². The topological polar surface area (TPSA) is 58.2 Å². The maximum absolute atomic E-state index is 12.0. The zero-order valence-corrected chi connectivity index (χ0v) is 12.3. The van der Waals surface area contributed by atoms with E-state index in [1.165, 1.54) is 12.8 Å². The van der Waals surface area contributed by atoms with Crippen LogP contribution in [0.5, 0.6) is 0 Å². The zero-order valence-electron chi connectivity index (χ0n) is 12.3. The summed E-state index contributed by atoms with van der Waals surface area (Å²) < 4.78 is 0. The average Bonchev–Trinajstić information content (AvgIpc) is 2.80. The Labute approximate surface area is 115 Å². The molecule has 2 aliphatic carbocycles. The van der Waals surface area contributed by atoms with E-state index in [0.717, 1.165) is 19.3 Å². The number of hydrogen-bond acceptors (Lipinski definition) is 2. The molecule has 4 heteroatoms. The Balaban J connectivity index is 1.77. The molecular formula is C15H26N2O2. The van der Waals surface area contributed by atoms with Crippen molar-refractivity contribution in [1.82, 2.24) is 10.6 Å². The van der Waals surface area contributed by atoms with E-state index in [1.54, 1.807) is 6.92 Å². The zero-order chi connectivity index (χ0) is 14.0. The van der Waals surface area contributed by atoms with Crippen LogP contribution in [0.15, 0.2) is 0 Å². The van der Waals surface area contributed by atoms with Gasteiger partial charge in [0.1, 0.15) is 0 Å². The van der Waals surface area contributed by atoms with Crippen LogP contribution in [0.2, 0.25) is 0 Å². The first kappa shape index (κ1) is 14.4. The van der Waals surface area contributed by atoms with E-state index < -0.39 is 0 Å². The second-order valence-electron chi connectivity index (χ2n) is 6.76. The minimum absolute atomic E-state index is 0.0203. The summed E-state index contributed by atoms with van der Waals surface area (Å²) in [6.07, 6.45) is 6.27. The molecule has 0 aliphatic heterocycles. The standard InChI is InChI=1S/C15H26N2O2/c1-10(18)16-13-8-11(15(13,2)3)9-14(19)17-12-6-4-5-7-12/h11-13H,4-9H2,1-3H3,(H,16,18)(H,17,19). The van der Waals surface area contributed by atoms with E-state index in [4.69, 9.17) is 0 Å². The minimum Gasteiger partial charge on any atom is -0.353 e. The summed E-state index contributed by atoms with van der Waals surface area (Å²) in [5.74, 6) is 0.587. The molecule has 0 spiro atoms. The van der Waals surface area contributed by atoms with Crippen molar-refractivity contribution in [3.8, 4) is 0 Å². The second-order valence-corrected chi connectivity index (χ2v) is 6.76. The summed E-state index contributed by atoms with van der Waals surface area (Å²) >= 11 is 0.